The molecule has 6 nitrogen and oxygen atoms in total. The van der Waals surface area contributed by atoms with Crippen LogP contribution in [0.25, 0.3) is 0 Å². The van der Waals surface area contributed by atoms with Crippen molar-refractivity contribution in [2.75, 3.05) is 17.2 Å². The average molecular weight is 363 g/mol. The summed E-state index contributed by atoms with van der Waals surface area (Å²) >= 11 is 0. The Hall–Kier alpha value is -3.15. The molecule has 1 atom stereocenters. The first-order valence-electron chi connectivity index (χ1n) is 9.17. The van der Waals surface area contributed by atoms with Gasteiger partial charge in [-0.2, -0.15) is 0 Å². The highest BCUT2D eigenvalue weighted by molar-refractivity contribution is 6.06. The summed E-state index contributed by atoms with van der Waals surface area (Å²) in [6.07, 6.45) is 1.97. The third kappa shape index (κ3) is 3.69. The number of anilines is 2. The largest absolute Gasteiger partial charge is 0.373 e. The minimum atomic E-state index is -0.537. The number of carbonyl (C=O) groups is 3. The van der Waals surface area contributed by atoms with Gasteiger partial charge in [-0.3, -0.25) is 19.3 Å². The zero-order valence-corrected chi connectivity index (χ0v) is 14.9. The summed E-state index contributed by atoms with van der Waals surface area (Å²) in [5.74, 6) is -0.297. The Morgan fingerprint density at radius 3 is 2.67 bits per heavy atom. The van der Waals surface area contributed by atoms with Crippen LogP contribution in [0.5, 0.6) is 0 Å². The van der Waals surface area contributed by atoms with Gasteiger partial charge in [-0.1, -0.05) is 30.3 Å². The molecule has 0 bridgehead atoms. The van der Waals surface area contributed by atoms with Crippen molar-refractivity contribution >= 4 is 29.1 Å². The van der Waals surface area contributed by atoms with Gasteiger partial charge >= 0.3 is 0 Å². The molecule has 0 spiro atoms. The van der Waals surface area contributed by atoms with Crippen LogP contribution in [-0.2, 0) is 27.2 Å². The molecule has 0 aliphatic carbocycles. The van der Waals surface area contributed by atoms with Gasteiger partial charge in [0.15, 0.2) is 0 Å². The van der Waals surface area contributed by atoms with Crippen LogP contribution in [0.3, 0.4) is 0 Å². The number of imide groups is 1. The van der Waals surface area contributed by atoms with Crippen LogP contribution in [0.2, 0.25) is 0 Å². The quantitative estimate of drug-likeness (QED) is 0.800. The van der Waals surface area contributed by atoms with Crippen molar-refractivity contribution in [3.05, 3.63) is 59.7 Å². The fourth-order valence-electron chi connectivity index (χ4n) is 3.59. The van der Waals surface area contributed by atoms with Crippen molar-refractivity contribution in [2.45, 2.75) is 31.7 Å². The molecule has 6 heteroatoms. The Bertz CT molecular complexity index is 895. The van der Waals surface area contributed by atoms with Gasteiger partial charge in [0.2, 0.25) is 11.8 Å². The number of nitrogens with one attached hydrogen (secondary N) is 2. The van der Waals surface area contributed by atoms with Crippen LogP contribution >= 0.6 is 0 Å². The van der Waals surface area contributed by atoms with Gasteiger partial charge in [-0.05, 0) is 42.2 Å². The Morgan fingerprint density at radius 1 is 1.04 bits per heavy atom. The number of hydrogen-bond acceptors (Lipinski definition) is 4. The van der Waals surface area contributed by atoms with Gasteiger partial charge in [0, 0.05) is 24.3 Å². The number of hydrogen-bond donors (Lipinski definition) is 2. The van der Waals surface area contributed by atoms with Crippen LogP contribution in [0, 0.1) is 0 Å². The molecule has 2 aliphatic rings. The molecule has 2 aliphatic heterocycles. The van der Waals surface area contributed by atoms with Crippen LogP contribution < -0.4 is 10.6 Å². The smallest absolute Gasteiger partial charge is 0.252 e. The first-order valence-corrected chi connectivity index (χ1v) is 9.17. The maximum absolute atomic E-state index is 12.7. The highest BCUT2D eigenvalue weighted by Gasteiger charge is 2.38. The van der Waals surface area contributed by atoms with Crippen molar-refractivity contribution < 1.29 is 14.4 Å². The lowest BCUT2D eigenvalue weighted by atomic mass is 10.0. The second-order valence-corrected chi connectivity index (χ2v) is 6.94. The van der Waals surface area contributed by atoms with E-state index in [4.69, 9.17) is 0 Å². The molecule has 4 rings (SSSR count). The summed E-state index contributed by atoms with van der Waals surface area (Å²) in [5.41, 5.74) is 3.75. The predicted molar refractivity (Wildman–Crippen MR) is 102 cm³/mol. The second-order valence-electron chi connectivity index (χ2n) is 6.94. The number of carbonyl (C=O) groups excluding carboxylic acids is 3. The minimum absolute atomic E-state index is 0.0221. The molecular weight excluding hydrogens is 342 g/mol. The van der Waals surface area contributed by atoms with Gasteiger partial charge in [0.25, 0.3) is 5.91 Å². The first-order chi connectivity index (χ1) is 13.1. The van der Waals surface area contributed by atoms with Crippen molar-refractivity contribution in [3.8, 4) is 0 Å². The van der Waals surface area contributed by atoms with Crippen LogP contribution in [0.15, 0.2) is 48.5 Å². The fraction of sp³-hybridized carbons (Fsp3) is 0.286. The monoisotopic (exact) mass is 363 g/mol. The molecule has 1 unspecified atom stereocenters. The Balaban J connectivity index is 1.41. The topological polar surface area (TPSA) is 78.5 Å². The van der Waals surface area contributed by atoms with Crippen molar-refractivity contribution in [3.63, 3.8) is 0 Å². The standard InChI is InChI=1S/C21H21N3O3/c25-19-9-6-15-12-16(7-8-17(15)23-19)22-18-13-20(26)24(21(18)27)11-10-14-4-2-1-3-5-14/h1-5,7-8,12,18,22H,6,9-11,13H2,(H,23,25). The number of nitrogens with zero attached hydrogens (tertiary/aromatic N) is 1. The van der Waals surface area contributed by atoms with Gasteiger partial charge in [0.05, 0.1) is 6.42 Å². The Kier molecular flexibility index (Phi) is 4.62. The van der Waals surface area contributed by atoms with E-state index in [0.29, 0.717) is 25.8 Å². The maximum atomic E-state index is 12.7. The number of rotatable bonds is 5. The van der Waals surface area contributed by atoms with E-state index in [-0.39, 0.29) is 24.1 Å². The second kappa shape index (κ2) is 7.23. The molecule has 27 heavy (non-hydrogen) atoms. The third-order valence-corrected chi connectivity index (χ3v) is 5.05. The summed E-state index contributed by atoms with van der Waals surface area (Å²) in [6.45, 7) is 0.399. The van der Waals surface area contributed by atoms with Crippen molar-refractivity contribution in [1.82, 2.24) is 4.90 Å². The molecular formula is C21H21N3O3. The molecule has 0 aromatic heterocycles. The van der Waals surface area contributed by atoms with Crippen LogP contribution in [0.4, 0.5) is 11.4 Å². The molecule has 138 valence electrons. The number of benzene rings is 2. The van der Waals surface area contributed by atoms with Crippen LogP contribution in [0.1, 0.15) is 24.0 Å². The third-order valence-electron chi connectivity index (χ3n) is 5.05. The summed E-state index contributed by atoms with van der Waals surface area (Å²) in [5, 5.41) is 6.03. The van der Waals surface area contributed by atoms with Crippen molar-refractivity contribution in [1.29, 1.82) is 0 Å². The Labute approximate surface area is 157 Å². The van der Waals surface area contributed by atoms with Gasteiger partial charge in [-0.15, -0.1) is 0 Å². The molecule has 2 heterocycles. The summed E-state index contributed by atoms with van der Waals surface area (Å²) in [7, 11) is 0. The number of amides is 3. The minimum Gasteiger partial charge on any atom is -0.373 e. The number of likely N-dealkylation sites (tertiary alicyclic amines) is 1. The lowest BCUT2D eigenvalue weighted by molar-refractivity contribution is -0.138. The predicted octanol–water partition coefficient (Wildman–Crippen LogP) is 2.35. The molecule has 0 saturated carbocycles. The molecule has 2 aromatic rings. The SMILES string of the molecule is O=C1CCc2cc(NC3CC(=O)N(CCc4ccccc4)C3=O)ccc2N1. The van der Waals surface area contributed by atoms with E-state index in [1.165, 1.54) is 4.90 Å². The summed E-state index contributed by atoms with van der Waals surface area (Å²) in [6, 6.07) is 14.9. The molecule has 1 fully saturated rings. The first kappa shape index (κ1) is 17.3. The highest BCUT2D eigenvalue weighted by Crippen LogP contribution is 2.27. The van der Waals surface area contributed by atoms with E-state index in [1.807, 2.05) is 48.5 Å². The number of aryl methyl sites for hydroxylation is 1. The van der Waals surface area contributed by atoms with E-state index in [0.717, 1.165) is 22.5 Å². The lowest BCUT2D eigenvalue weighted by Crippen LogP contribution is -2.36. The van der Waals surface area contributed by atoms with Gasteiger partial charge in [0.1, 0.15) is 6.04 Å². The highest BCUT2D eigenvalue weighted by atomic mass is 16.2. The summed E-state index contributed by atoms with van der Waals surface area (Å²) < 4.78 is 0. The van der Waals surface area contributed by atoms with Crippen molar-refractivity contribution in [2.24, 2.45) is 0 Å². The fourth-order valence-corrected chi connectivity index (χ4v) is 3.59. The zero-order valence-electron chi connectivity index (χ0n) is 14.9. The van der Waals surface area contributed by atoms with Gasteiger partial charge < -0.3 is 10.6 Å². The molecule has 0 radical (unpaired) electrons. The number of fused-ring (bicyclic) bond motifs is 1. The molecule has 3 amide bonds. The maximum Gasteiger partial charge on any atom is 0.252 e. The molecule has 2 N–H and O–H groups in total. The van der Waals surface area contributed by atoms with E-state index in [2.05, 4.69) is 10.6 Å². The average Bonchev–Trinajstić information content (AvgIpc) is 2.94. The molecule has 2 aromatic carbocycles. The summed E-state index contributed by atoms with van der Waals surface area (Å²) in [4.78, 5) is 37.8. The van der Waals surface area contributed by atoms with E-state index >= 15 is 0 Å². The lowest BCUT2D eigenvalue weighted by Gasteiger charge is -2.19. The Morgan fingerprint density at radius 2 is 1.85 bits per heavy atom. The van der Waals surface area contributed by atoms with Crippen LogP contribution in [-0.4, -0.2) is 35.2 Å². The van der Waals surface area contributed by atoms with E-state index < -0.39 is 6.04 Å². The normalized spacial score (nSPS) is 19.0. The van der Waals surface area contributed by atoms with E-state index in [1.54, 1.807) is 0 Å². The molecule has 1 saturated heterocycles. The van der Waals surface area contributed by atoms with E-state index in [9.17, 15) is 14.4 Å². The zero-order chi connectivity index (χ0) is 18.8. The van der Waals surface area contributed by atoms with Gasteiger partial charge in [-0.25, -0.2) is 0 Å².